The summed E-state index contributed by atoms with van der Waals surface area (Å²) in [5, 5.41) is 3.57. The molecule has 0 radical (unpaired) electrons. The summed E-state index contributed by atoms with van der Waals surface area (Å²) in [5.74, 6) is 0. The highest BCUT2D eigenvalue weighted by molar-refractivity contribution is 7.94. The van der Waals surface area contributed by atoms with Gasteiger partial charge in [0.2, 0.25) is 0 Å². The predicted molar refractivity (Wildman–Crippen MR) is 101 cm³/mol. The van der Waals surface area contributed by atoms with Crippen molar-refractivity contribution in [1.82, 2.24) is 0 Å². The van der Waals surface area contributed by atoms with Crippen LogP contribution in [0.2, 0.25) is 0 Å². The highest BCUT2D eigenvalue weighted by atomic mass is 32.2. The molecule has 6 heteroatoms. The Labute approximate surface area is 148 Å². The van der Waals surface area contributed by atoms with Crippen LogP contribution in [-0.4, -0.2) is 14.5 Å². The van der Waals surface area contributed by atoms with Gasteiger partial charge in [-0.2, -0.15) is 0 Å². The van der Waals surface area contributed by atoms with Crippen LogP contribution in [-0.2, 0) is 10.0 Å². The number of aryl methyl sites for hydroxylation is 1. The van der Waals surface area contributed by atoms with E-state index in [4.69, 9.17) is 0 Å². The summed E-state index contributed by atoms with van der Waals surface area (Å²) in [6.07, 6.45) is 7.67. The van der Waals surface area contributed by atoms with E-state index in [0.29, 0.717) is 15.9 Å². The van der Waals surface area contributed by atoms with E-state index in [2.05, 4.69) is 10.0 Å². The van der Waals surface area contributed by atoms with Crippen LogP contribution in [0.1, 0.15) is 43.4 Å². The molecule has 0 amide bonds. The van der Waals surface area contributed by atoms with E-state index in [1.807, 2.05) is 37.3 Å². The van der Waals surface area contributed by atoms with Crippen LogP contribution in [0.15, 0.2) is 40.6 Å². The molecule has 0 saturated heterocycles. The molecule has 0 bridgehead atoms. The number of nitrogens with one attached hydrogen (secondary N) is 2. The Balaban J connectivity index is 1.64. The molecule has 4 nitrogen and oxygen atoms in total. The monoisotopic (exact) mass is 364 g/mol. The summed E-state index contributed by atoms with van der Waals surface area (Å²) in [4.78, 5) is 0.985. The van der Waals surface area contributed by atoms with Crippen LogP contribution in [0.5, 0.6) is 0 Å². The van der Waals surface area contributed by atoms with Gasteiger partial charge in [-0.25, -0.2) is 8.42 Å². The normalized spacial score (nSPS) is 16.5. The quantitative estimate of drug-likeness (QED) is 0.735. The molecular weight excluding hydrogens is 340 g/mol. The maximum atomic E-state index is 12.3. The lowest BCUT2D eigenvalue weighted by atomic mass is 10.1. The fourth-order valence-electron chi connectivity index (χ4n) is 3.06. The number of rotatable bonds is 5. The van der Waals surface area contributed by atoms with Crippen LogP contribution < -0.4 is 10.0 Å². The minimum Gasteiger partial charge on any atom is -0.382 e. The Kier molecular flexibility index (Phi) is 5.46. The van der Waals surface area contributed by atoms with Gasteiger partial charge in [0.25, 0.3) is 10.0 Å². The van der Waals surface area contributed by atoms with E-state index < -0.39 is 10.0 Å². The van der Waals surface area contributed by atoms with Crippen molar-refractivity contribution in [3.05, 3.63) is 41.3 Å². The molecule has 0 spiro atoms. The first-order valence-electron chi connectivity index (χ1n) is 8.49. The zero-order valence-corrected chi connectivity index (χ0v) is 15.6. The minimum absolute atomic E-state index is 0.348. The number of hydrogen-bond donors (Lipinski definition) is 2. The summed E-state index contributed by atoms with van der Waals surface area (Å²) >= 11 is 1.28. The summed E-state index contributed by atoms with van der Waals surface area (Å²) in [7, 11) is -3.49. The fraction of sp³-hybridized carbons (Fsp3) is 0.444. The third-order valence-corrected chi connectivity index (χ3v) is 7.22. The maximum absolute atomic E-state index is 12.3. The maximum Gasteiger partial charge on any atom is 0.271 e. The second-order valence-electron chi connectivity index (χ2n) is 6.38. The van der Waals surface area contributed by atoms with Crippen LogP contribution in [0.4, 0.5) is 11.4 Å². The van der Waals surface area contributed by atoms with Gasteiger partial charge in [0.15, 0.2) is 0 Å². The molecule has 0 atom stereocenters. The summed E-state index contributed by atoms with van der Waals surface area (Å²) < 4.78 is 27.7. The van der Waals surface area contributed by atoms with Gasteiger partial charge in [-0.1, -0.05) is 25.7 Å². The predicted octanol–water partition coefficient (Wildman–Crippen LogP) is 4.99. The molecule has 130 valence electrons. The Bertz CT molecular complexity index is 759. The molecule has 1 aliphatic rings. The second kappa shape index (κ2) is 7.57. The average Bonchev–Trinajstić information content (AvgIpc) is 2.84. The number of benzene rings is 1. The standard InChI is InChI=1S/C18H24N2O2S2/c1-14-8-13-18(23-14)24(21,22)20-17-11-9-16(10-12-17)19-15-6-4-2-3-5-7-15/h8-13,15,19-20H,2-7H2,1H3. The Morgan fingerprint density at radius 2 is 1.54 bits per heavy atom. The van der Waals surface area contributed by atoms with Gasteiger partial charge >= 0.3 is 0 Å². The first-order valence-corrected chi connectivity index (χ1v) is 10.8. The molecule has 3 rings (SSSR count). The minimum atomic E-state index is -3.49. The Morgan fingerprint density at radius 3 is 2.12 bits per heavy atom. The molecule has 1 aliphatic carbocycles. The van der Waals surface area contributed by atoms with Crippen molar-refractivity contribution in [2.45, 2.75) is 55.7 Å². The zero-order chi connectivity index (χ0) is 17.0. The molecule has 1 fully saturated rings. The summed E-state index contributed by atoms with van der Waals surface area (Å²) in [6, 6.07) is 11.5. The van der Waals surface area contributed by atoms with Crippen molar-refractivity contribution in [2.75, 3.05) is 10.0 Å². The van der Waals surface area contributed by atoms with E-state index in [9.17, 15) is 8.42 Å². The SMILES string of the molecule is Cc1ccc(S(=O)(=O)Nc2ccc(NC3CCCCCC3)cc2)s1. The number of thiophene rings is 1. The number of hydrogen-bond acceptors (Lipinski definition) is 4. The van der Waals surface area contributed by atoms with Crippen molar-refractivity contribution in [2.24, 2.45) is 0 Å². The molecule has 1 aromatic carbocycles. The molecule has 1 aromatic heterocycles. The van der Waals surface area contributed by atoms with Gasteiger partial charge in [0.05, 0.1) is 0 Å². The lowest BCUT2D eigenvalue weighted by Crippen LogP contribution is -2.18. The molecule has 2 aromatic rings. The van der Waals surface area contributed by atoms with Crippen molar-refractivity contribution in [3.63, 3.8) is 0 Å². The van der Waals surface area contributed by atoms with Gasteiger partial charge in [-0.3, -0.25) is 4.72 Å². The molecule has 2 N–H and O–H groups in total. The van der Waals surface area contributed by atoms with Crippen LogP contribution in [0.3, 0.4) is 0 Å². The number of anilines is 2. The van der Waals surface area contributed by atoms with Gasteiger partial charge in [-0.15, -0.1) is 11.3 Å². The van der Waals surface area contributed by atoms with E-state index in [0.717, 1.165) is 10.6 Å². The lowest BCUT2D eigenvalue weighted by molar-refractivity contribution is 0.603. The van der Waals surface area contributed by atoms with E-state index >= 15 is 0 Å². The van der Waals surface area contributed by atoms with E-state index in [-0.39, 0.29) is 0 Å². The molecule has 0 aliphatic heterocycles. The molecule has 0 unspecified atom stereocenters. The smallest absolute Gasteiger partial charge is 0.271 e. The van der Waals surface area contributed by atoms with Crippen molar-refractivity contribution in [1.29, 1.82) is 0 Å². The van der Waals surface area contributed by atoms with Crippen molar-refractivity contribution < 1.29 is 8.42 Å². The Morgan fingerprint density at radius 1 is 0.917 bits per heavy atom. The third-order valence-electron chi connectivity index (χ3n) is 4.34. The van der Waals surface area contributed by atoms with Crippen LogP contribution in [0.25, 0.3) is 0 Å². The first-order chi connectivity index (χ1) is 11.5. The van der Waals surface area contributed by atoms with Gasteiger partial charge in [-0.05, 0) is 56.2 Å². The van der Waals surface area contributed by atoms with Crippen LogP contribution >= 0.6 is 11.3 Å². The second-order valence-corrected chi connectivity index (χ2v) is 9.58. The van der Waals surface area contributed by atoms with Crippen molar-refractivity contribution in [3.8, 4) is 0 Å². The average molecular weight is 365 g/mol. The summed E-state index contributed by atoms with van der Waals surface area (Å²) in [6.45, 7) is 1.90. The highest BCUT2D eigenvalue weighted by Crippen LogP contribution is 2.25. The third kappa shape index (κ3) is 4.51. The highest BCUT2D eigenvalue weighted by Gasteiger charge is 2.16. The molecular formula is C18H24N2O2S2. The number of sulfonamides is 1. The van der Waals surface area contributed by atoms with Crippen molar-refractivity contribution >= 4 is 32.7 Å². The van der Waals surface area contributed by atoms with Gasteiger partial charge in [0, 0.05) is 22.3 Å². The Hall–Kier alpha value is -1.53. The lowest BCUT2D eigenvalue weighted by Gasteiger charge is -2.18. The molecule has 1 saturated carbocycles. The zero-order valence-electron chi connectivity index (χ0n) is 13.9. The molecule has 24 heavy (non-hydrogen) atoms. The van der Waals surface area contributed by atoms with E-state index in [1.54, 1.807) is 6.07 Å². The van der Waals surface area contributed by atoms with Gasteiger partial charge < -0.3 is 5.32 Å². The van der Waals surface area contributed by atoms with Gasteiger partial charge in [0.1, 0.15) is 4.21 Å². The van der Waals surface area contributed by atoms with Crippen LogP contribution in [0, 0.1) is 6.92 Å². The first kappa shape index (κ1) is 17.3. The van der Waals surface area contributed by atoms with E-state index in [1.165, 1.54) is 49.9 Å². The largest absolute Gasteiger partial charge is 0.382 e. The fourth-order valence-corrected chi connectivity index (χ4v) is 5.40. The topological polar surface area (TPSA) is 58.2 Å². The summed E-state index contributed by atoms with van der Waals surface area (Å²) in [5.41, 5.74) is 1.64. The molecule has 1 heterocycles.